The van der Waals surface area contributed by atoms with Gasteiger partial charge in [-0.05, 0) is 31.7 Å². The Bertz CT molecular complexity index is 817. The number of aryl methyl sites for hydroxylation is 1. The summed E-state index contributed by atoms with van der Waals surface area (Å²) in [5, 5.41) is 10.0. The highest BCUT2D eigenvalue weighted by atomic mass is 32.1. The SMILES string of the molecule is Cc1c(C(=O)O)sc2nc([C@H](C)C3=CCCC3)[nH]c(=S)c12. The molecule has 0 spiro atoms. The van der Waals surface area contributed by atoms with Gasteiger partial charge in [0.25, 0.3) is 0 Å². The fourth-order valence-corrected chi connectivity index (χ4v) is 4.29. The molecule has 0 radical (unpaired) electrons. The zero-order valence-corrected chi connectivity index (χ0v) is 13.5. The monoisotopic (exact) mass is 320 g/mol. The molecule has 0 saturated carbocycles. The smallest absolute Gasteiger partial charge is 0.346 e. The number of carbonyl (C=O) groups is 1. The van der Waals surface area contributed by atoms with Gasteiger partial charge in [0.2, 0.25) is 0 Å². The number of allylic oxidation sites excluding steroid dienone is 2. The van der Waals surface area contributed by atoms with Crippen molar-refractivity contribution in [2.45, 2.75) is 39.0 Å². The number of hydrogen-bond donors (Lipinski definition) is 2. The van der Waals surface area contributed by atoms with Crippen LogP contribution in [0.4, 0.5) is 0 Å². The second-order valence-electron chi connectivity index (χ2n) is 5.39. The van der Waals surface area contributed by atoms with Gasteiger partial charge in [0.05, 0.1) is 0 Å². The van der Waals surface area contributed by atoms with Crippen LogP contribution < -0.4 is 0 Å². The topological polar surface area (TPSA) is 66.0 Å². The van der Waals surface area contributed by atoms with Gasteiger partial charge in [0.1, 0.15) is 20.2 Å². The molecule has 0 amide bonds. The van der Waals surface area contributed by atoms with E-state index in [-0.39, 0.29) is 5.92 Å². The van der Waals surface area contributed by atoms with E-state index in [4.69, 9.17) is 12.2 Å². The van der Waals surface area contributed by atoms with Gasteiger partial charge in [-0.3, -0.25) is 0 Å². The number of rotatable bonds is 3. The van der Waals surface area contributed by atoms with Gasteiger partial charge in [0, 0.05) is 11.3 Å². The summed E-state index contributed by atoms with van der Waals surface area (Å²) in [6.45, 7) is 3.91. The summed E-state index contributed by atoms with van der Waals surface area (Å²) >= 11 is 6.62. The molecule has 0 saturated heterocycles. The van der Waals surface area contributed by atoms with Crippen molar-refractivity contribution in [2.24, 2.45) is 0 Å². The van der Waals surface area contributed by atoms with Crippen molar-refractivity contribution in [3.05, 3.63) is 32.6 Å². The lowest BCUT2D eigenvalue weighted by atomic mass is 10.00. The summed E-state index contributed by atoms with van der Waals surface area (Å²) in [5.74, 6) is 0.117. The van der Waals surface area contributed by atoms with Crippen molar-refractivity contribution in [1.29, 1.82) is 0 Å². The Morgan fingerprint density at radius 3 is 2.95 bits per heavy atom. The molecule has 1 aliphatic carbocycles. The maximum Gasteiger partial charge on any atom is 0.346 e. The predicted octanol–water partition coefficient (Wildman–Crippen LogP) is 4.57. The van der Waals surface area contributed by atoms with Crippen LogP contribution in [0.15, 0.2) is 11.6 Å². The molecule has 110 valence electrons. The average molecular weight is 320 g/mol. The van der Waals surface area contributed by atoms with E-state index in [1.165, 1.54) is 23.3 Å². The molecule has 0 bridgehead atoms. The van der Waals surface area contributed by atoms with E-state index in [1.54, 1.807) is 6.92 Å². The molecule has 0 fully saturated rings. The highest BCUT2D eigenvalue weighted by molar-refractivity contribution is 7.71. The minimum atomic E-state index is -0.919. The Morgan fingerprint density at radius 2 is 2.33 bits per heavy atom. The van der Waals surface area contributed by atoms with Crippen LogP contribution in [-0.2, 0) is 0 Å². The molecule has 4 nitrogen and oxygen atoms in total. The molecule has 3 rings (SSSR count). The Balaban J connectivity index is 2.15. The number of aromatic amines is 1. The fourth-order valence-electron chi connectivity index (χ4n) is 2.83. The number of nitrogens with one attached hydrogen (secondary N) is 1. The van der Waals surface area contributed by atoms with E-state index in [0.29, 0.717) is 19.9 Å². The molecule has 2 N–H and O–H groups in total. The molecule has 2 aromatic rings. The lowest BCUT2D eigenvalue weighted by molar-refractivity contribution is 0.0701. The van der Waals surface area contributed by atoms with Crippen molar-refractivity contribution in [3.63, 3.8) is 0 Å². The van der Waals surface area contributed by atoms with E-state index < -0.39 is 5.97 Å². The van der Waals surface area contributed by atoms with Gasteiger partial charge in [-0.25, -0.2) is 9.78 Å². The molecule has 6 heteroatoms. The summed E-state index contributed by atoms with van der Waals surface area (Å²) in [5.41, 5.74) is 2.09. The number of thiophene rings is 1. The highest BCUT2D eigenvalue weighted by Gasteiger charge is 2.21. The van der Waals surface area contributed by atoms with Gasteiger partial charge >= 0.3 is 5.97 Å². The van der Waals surface area contributed by atoms with E-state index in [1.807, 2.05) is 0 Å². The molecule has 2 heterocycles. The summed E-state index contributed by atoms with van der Waals surface area (Å²) < 4.78 is 0.585. The maximum absolute atomic E-state index is 11.3. The van der Waals surface area contributed by atoms with E-state index in [2.05, 4.69) is 23.0 Å². The zero-order chi connectivity index (χ0) is 15.1. The van der Waals surface area contributed by atoms with E-state index >= 15 is 0 Å². The molecule has 1 atom stereocenters. The Morgan fingerprint density at radius 1 is 1.57 bits per heavy atom. The number of nitrogens with zero attached hydrogens (tertiary/aromatic N) is 1. The number of H-pyrrole nitrogens is 1. The van der Waals surface area contributed by atoms with Crippen LogP contribution in [0.1, 0.15) is 53.2 Å². The first-order valence-corrected chi connectivity index (χ1v) is 8.17. The van der Waals surface area contributed by atoms with Crippen molar-refractivity contribution >= 4 is 39.7 Å². The van der Waals surface area contributed by atoms with Crippen LogP contribution in [0, 0.1) is 11.6 Å². The number of aromatic nitrogens is 2. The summed E-state index contributed by atoms with van der Waals surface area (Å²) in [4.78, 5) is 20.1. The minimum absolute atomic E-state index is 0.203. The van der Waals surface area contributed by atoms with Crippen LogP contribution >= 0.6 is 23.6 Å². The van der Waals surface area contributed by atoms with Gasteiger partial charge in [-0.2, -0.15) is 0 Å². The molecule has 0 aliphatic heterocycles. The zero-order valence-electron chi connectivity index (χ0n) is 11.9. The Hall–Kier alpha value is -1.53. The van der Waals surface area contributed by atoms with Gasteiger partial charge in [-0.15, -0.1) is 11.3 Å². The Labute approximate surface area is 131 Å². The van der Waals surface area contributed by atoms with Crippen LogP contribution in [-0.4, -0.2) is 21.0 Å². The molecular weight excluding hydrogens is 304 g/mol. The molecule has 1 aliphatic rings. The van der Waals surface area contributed by atoms with Gasteiger partial charge in [-0.1, -0.05) is 30.8 Å². The van der Waals surface area contributed by atoms with Crippen LogP contribution in [0.3, 0.4) is 0 Å². The largest absolute Gasteiger partial charge is 0.477 e. The summed E-state index contributed by atoms with van der Waals surface area (Å²) in [6.07, 6.45) is 5.70. The quantitative estimate of drug-likeness (QED) is 0.642. The first-order valence-electron chi connectivity index (χ1n) is 6.94. The number of carboxylic acid groups (broad SMARTS) is 1. The second-order valence-corrected chi connectivity index (χ2v) is 6.79. The maximum atomic E-state index is 11.3. The highest BCUT2D eigenvalue weighted by Crippen LogP contribution is 2.34. The molecule has 0 unspecified atom stereocenters. The van der Waals surface area contributed by atoms with Crippen LogP contribution in [0.5, 0.6) is 0 Å². The van der Waals surface area contributed by atoms with Crippen LogP contribution in [0.25, 0.3) is 10.2 Å². The third-order valence-corrected chi connectivity index (χ3v) is 5.54. The molecule has 2 aromatic heterocycles. The summed E-state index contributed by atoms with van der Waals surface area (Å²) in [7, 11) is 0. The third kappa shape index (κ3) is 2.42. The number of aromatic carboxylic acids is 1. The summed E-state index contributed by atoms with van der Waals surface area (Å²) in [6, 6.07) is 0. The standard InChI is InChI=1S/C15H16N2O2S2/c1-7(9-5-3-4-6-9)12-16-13(20)10-8(2)11(15(18)19)21-14(10)17-12/h5,7H,3-4,6H2,1-2H3,(H,18,19)(H,16,17,20)/t7-/m1/s1. The van der Waals surface area contributed by atoms with Crippen molar-refractivity contribution < 1.29 is 9.90 Å². The lowest BCUT2D eigenvalue weighted by Crippen LogP contribution is -2.03. The lowest BCUT2D eigenvalue weighted by Gasteiger charge is -2.12. The predicted molar refractivity (Wildman–Crippen MR) is 86.9 cm³/mol. The second kappa shape index (κ2) is 5.35. The average Bonchev–Trinajstić information content (AvgIpc) is 3.06. The fraction of sp³-hybridized carbons (Fsp3) is 0.400. The third-order valence-electron chi connectivity index (χ3n) is 4.06. The van der Waals surface area contributed by atoms with E-state index in [0.717, 1.165) is 24.1 Å². The normalized spacial score (nSPS) is 16.2. The number of fused-ring (bicyclic) bond motifs is 1. The van der Waals surface area contributed by atoms with Crippen molar-refractivity contribution in [1.82, 2.24) is 9.97 Å². The van der Waals surface area contributed by atoms with Crippen LogP contribution in [0.2, 0.25) is 0 Å². The number of hydrogen-bond acceptors (Lipinski definition) is 4. The molecule has 21 heavy (non-hydrogen) atoms. The van der Waals surface area contributed by atoms with Gasteiger partial charge in [0.15, 0.2) is 0 Å². The minimum Gasteiger partial charge on any atom is -0.477 e. The first-order chi connectivity index (χ1) is 9.99. The van der Waals surface area contributed by atoms with Gasteiger partial charge < -0.3 is 10.1 Å². The van der Waals surface area contributed by atoms with E-state index in [9.17, 15) is 9.90 Å². The Kier molecular flexibility index (Phi) is 3.67. The molecular formula is C15H16N2O2S2. The molecule has 0 aromatic carbocycles. The van der Waals surface area contributed by atoms with Crippen molar-refractivity contribution in [3.8, 4) is 0 Å². The first kappa shape index (κ1) is 14.4. The van der Waals surface area contributed by atoms with Crippen molar-refractivity contribution in [2.75, 3.05) is 0 Å². The number of carboxylic acids is 1.